The van der Waals surface area contributed by atoms with Gasteiger partial charge in [0.15, 0.2) is 12.2 Å². The maximum Gasteiger partial charge on any atom is 0.472 e. The van der Waals surface area contributed by atoms with Crippen LogP contribution in [-0.4, -0.2) is 96.7 Å². The summed E-state index contributed by atoms with van der Waals surface area (Å²) in [5.74, 6) is -0.417. The number of rotatable bonds is 92. The Morgan fingerprint density at radius 3 is 0.679 bits per heavy atom. The lowest BCUT2D eigenvalue weighted by atomic mass is 9.99. The number of hydrogen-bond acceptors (Lipinski definition) is 15. The molecule has 0 aliphatic carbocycles. The van der Waals surface area contributed by atoms with E-state index in [1.54, 1.807) is 0 Å². The van der Waals surface area contributed by atoms with Crippen LogP contribution in [0.3, 0.4) is 0 Å². The molecule has 0 rings (SSSR count). The number of ether oxygens (including phenoxy) is 4. The Morgan fingerprint density at radius 2 is 0.455 bits per heavy atom. The zero-order valence-corrected chi connectivity index (χ0v) is 75.8. The van der Waals surface area contributed by atoms with Crippen LogP contribution in [0.15, 0.2) is 0 Å². The summed E-state index contributed by atoms with van der Waals surface area (Å²) in [6.45, 7) is 9.82. The Kier molecular flexibility index (Phi) is 82.6. The van der Waals surface area contributed by atoms with Crippen molar-refractivity contribution in [3.05, 3.63) is 0 Å². The molecular formula is C93H182O17P2. The maximum atomic E-state index is 13.2. The van der Waals surface area contributed by atoms with Gasteiger partial charge in [-0.05, 0) is 37.5 Å². The van der Waals surface area contributed by atoms with Gasteiger partial charge < -0.3 is 33.8 Å². The molecule has 112 heavy (non-hydrogen) atoms. The number of hydrogen-bond donors (Lipinski definition) is 3. The number of carbonyl (C=O) groups is 4. The Hall–Kier alpha value is -1.94. The molecule has 0 bridgehead atoms. The van der Waals surface area contributed by atoms with Crippen LogP contribution in [0, 0.1) is 11.8 Å². The maximum absolute atomic E-state index is 13.2. The molecule has 0 radical (unpaired) electrons. The van der Waals surface area contributed by atoms with E-state index in [9.17, 15) is 43.2 Å². The lowest BCUT2D eigenvalue weighted by Gasteiger charge is -2.21. The first-order valence-corrected chi connectivity index (χ1v) is 51.0. The van der Waals surface area contributed by atoms with E-state index in [0.29, 0.717) is 25.7 Å². The second-order valence-electron chi connectivity index (χ2n) is 34.1. The van der Waals surface area contributed by atoms with Crippen LogP contribution in [0.4, 0.5) is 0 Å². The monoisotopic (exact) mass is 1630 g/mol. The summed E-state index contributed by atoms with van der Waals surface area (Å²) in [5.41, 5.74) is 0. The van der Waals surface area contributed by atoms with E-state index in [0.717, 1.165) is 102 Å². The normalized spacial score (nSPS) is 13.9. The Labute approximate surface area is 689 Å². The molecule has 0 fully saturated rings. The van der Waals surface area contributed by atoms with Crippen molar-refractivity contribution in [1.82, 2.24) is 0 Å². The highest BCUT2D eigenvalue weighted by atomic mass is 31.2. The topological polar surface area (TPSA) is 237 Å². The molecule has 0 aromatic rings. The fourth-order valence-corrected chi connectivity index (χ4v) is 16.2. The molecule has 0 aromatic heterocycles. The minimum absolute atomic E-state index is 0.109. The highest BCUT2D eigenvalue weighted by Crippen LogP contribution is 2.45. The van der Waals surface area contributed by atoms with E-state index < -0.39 is 97.5 Å². The SMILES string of the molecule is CCCCCCCCCCCCCCCCCCCCCC(=O)OC[C@H](COP(=O)(O)OC[C@@H](O)COP(=O)(O)OC[C@@H](COC(=O)CCCCCCCCCCCCCCC)OC(=O)CCCCCCCCCCCCCCCCCC(C)C)OC(=O)CCCCCCCCCCCCCCCCCCCCC(C)CC. The average molecular weight is 1630 g/mol. The zero-order valence-electron chi connectivity index (χ0n) is 74.0. The standard InChI is InChI=1S/C93H182O17P2/c1-7-10-12-14-16-18-20-22-23-24-25-29-34-40-46-52-58-64-70-76-91(96)104-82-89(110-92(97)77-71-65-59-53-47-41-35-30-27-26-28-33-39-44-50-56-62-68-74-86(6)9-3)84-108-112(101,102)106-80-87(94)79-105-111(99,100)107-83-88(81-103-90(95)75-69-63-57-51-45-37-21-19-17-15-13-11-8-2)109-93(98)78-72-66-60-54-48-42-36-31-32-38-43-49-55-61-67-73-85(4)5/h85-89,94H,7-84H2,1-6H3,(H,99,100)(H,101,102)/t86?,87-,88+,89+/m0/s1. The van der Waals surface area contributed by atoms with Crippen molar-refractivity contribution in [2.75, 3.05) is 39.6 Å². The molecule has 0 saturated carbocycles. The molecule has 666 valence electrons. The molecule has 3 unspecified atom stereocenters. The first-order chi connectivity index (χ1) is 54.4. The number of esters is 4. The smallest absolute Gasteiger partial charge is 0.462 e. The van der Waals surface area contributed by atoms with Crippen molar-refractivity contribution >= 4 is 39.5 Å². The zero-order chi connectivity index (χ0) is 82.0. The number of aliphatic hydroxyl groups is 1. The summed E-state index contributed by atoms with van der Waals surface area (Å²) in [7, 11) is -9.94. The summed E-state index contributed by atoms with van der Waals surface area (Å²) in [6.07, 6.45) is 79.1. The number of phosphoric ester groups is 2. The molecule has 19 heteroatoms. The molecule has 6 atom stereocenters. The molecule has 0 heterocycles. The largest absolute Gasteiger partial charge is 0.472 e. The van der Waals surface area contributed by atoms with Crippen LogP contribution in [0.2, 0.25) is 0 Å². The van der Waals surface area contributed by atoms with Gasteiger partial charge in [-0.2, -0.15) is 0 Å². The number of aliphatic hydroxyl groups excluding tert-OH is 1. The van der Waals surface area contributed by atoms with Gasteiger partial charge >= 0.3 is 39.5 Å². The summed E-state index contributed by atoms with van der Waals surface area (Å²) in [6, 6.07) is 0. The van der Waals surface area contributed by atoms with E-state index in [1.807, 2.05) is 0 Å². The second kappa shape index (κ2) is 84.1. The predicted octanol–water partition coefficient (Wildman–Crippen LogP) is 29.0. The lowest BCUT2D eigenvalue weighted by Crippen LogP contribution is -2.30. The van der Waals surface area contributed by atoms with Crippen molar-refractivity contribution in [1.29, 1.82) is 0 Å². The van der Waals surface area contributed by atoms with Crippen molar-refractivity contribution < 1.29 is 80.2 Å². The lowest BCUT2D eigenvalue weighted by molar-refractivity contribution is -0.161. The quantitative estimate of drug-likeness (QED) is 0.0222. The predicted molar refractivity (Wildman–Crippen MR) is 465 cm³/mol. The highest BCUT2D eigenvalue weighted by molar-refractivity contribution is 7.47. The Bertz CT molecular complexity index is 2130. The summed E-state index contributed by atoms with van der Waals surface area (Å²) >= 11 is 0. The second-order valence-corrected chi connectivity index (χ2v) is 37.0. The van der Waals surface area contributed by atoms with E-state index >= 15 is 0 Å². The van der Waals surface area contributed by atoms with Gasteiger partial charge in [0.05, 0.1) is 26.4 Å². The molecule has 0 aliphatic heterocycles. The minimum Gasteiger partial charge on any atom is -0.462 e. The summed E-state index contributed by atoms with van der Waals surface area (Å²) in [4.78, 5) is 73.5. The van der Waals surface area contributed by atoms with Crippen molar-refractivity contribution in [3.63, 3.8) is 0 Å². The van der Waals surface area contributed by atoms with Crippen molar-refractivity contribution in [2.45, 2.75) is 522 Å². The van der Waals surface area contributed by atoms with Gasteiger partial charge in [0.2, 0.25) is 0 Å². The summed E-state index contributed by atoms with van der Waals surface area (Å²) in [5, 5.41) is 10.7. The summed E-state index contributed by atoms with van der Waals surface area (Å²) < 4.78 is 69.2. The average Bonchev–Trinajstić information content (AvgIpc) is 0.899. The van der Waals surface area contributed by atoms with Gasteiger partial charge in [0.1, 0.15) is 19.3 Å². The van der Waals surface area contributed by atoms with Gasteiger partial charge in [0, 0.05) is 25.7 Å². The van der Waals surface area contributed by atoms with Crippen molar-refractivity contribution in [2.24, 2.45) is 11.8 Å². The Morgan fingerprint density at radius 1 is 0.259 bits per heavy atom. The highest BCUT2D eigenvalue weighted by Gasteiger charge is 2.31. The van der Waals surface area contributed by atoms with E-state index in [-0.39, 0.29) is 25.7 Å². The molecule has 0 aromatic carbocycles. The third kappa shape index (κ3) is 84.5. The first-order valence-electron chi connectivity index (χ1n) is 48.0. The van der Waals surface area contributed by atoms with E-state index in [1.165, 1.54) is 321 Å². The third-order valence-corrected chi connectivity index (χ3v) is 24.2. The van der Waals surface area contributed by atoms with Crippen LogP contribution in [0.25, 0.3) is 0 Å². The number of carbonyl (C=O) groups excluding carboxylic acids is 4. The molecule has 0 saturated heterocycles. The van der Waals surface area contributed by atoms with E-state index in [2.05, 4.69) is 41.5 Å². The van der Waals surface area contributed by atoms with Gasteiger partial charge in [-0.15, -0.1) is 0 Å². The number of unbranched alkanes of at least 4 members (excludes halogenated alkanes) is 61. The fraction of sp³-hybridized carbons (Fsp3) is 0.957. The van der Waals surface area contributed by atoms with Gasteiger partial charge in [-0.25, -0.2) is 9.13 Å². The Balaban J connectivity index is 5.26. The molecular weight excluding hydrogens is 1450 g/mol. The number of phosphoric acid groups is 2. The van der Waals surface area contributed by atoms with Crippen LogP contribution in [-0.2, 0) is 65.4 Å². The molecule has 3 N–H and O–H groups in total. The molecule has 0 spiro atoms. The fourth-order valence-electron chi connectivity index (χ4n) is 14.6. The van der Waals surface area contributed by atoms with Crippen LogP contribution >= 0.6 is 15.6 Å². The van der Waals surface area contributed by atoms with Crippen molar-refractivity contribution in [3.8, 4) is 0 Å². The molecule has 0 amide bonds. The molecule has 17 nitrogen and oxygen atoms in total. The van der Waals surface area contributed by atoms with Gasteiger partial charge in [-0.1, -0.05) is 452 Å². The molecule has 0 aliphatic rings. The van der Waals surface area contributed by atoms with Gasteiger partial charge in [-0.3, -0.25) is 37.3 Å². The first kappa shape index (κ1) is 110. The van der Waals surface area contributed by atoms with Crippen LogP contribution in [0.5, 0.6) is 0 Å². The van der Waals surface area contributed by atoms with E-state index in [4.69, 9.17) is 37.0 Å². The van der Waals surface area contributed by atoms with Gasteiger partial charge in [0.25, 0.3) is 0 Å². The van der Waals surface area contributed by atoms with Crippen LogP contribution < -0.4 is 0 Å². The third-order valence-electron chi connectivity index (χ3n) is 22.3. The minimum atomic E-state index is -4.97. The van der Waals surface area contributed by atoms with Crippen LogP contribution in [0.1, 0.15) is 504 Å².